The third-order valence-corrected chi connectivity index (χ3v) is 3.05. The molecule has 2 rings (SSSR count). The van der Waals surface area contributed by atoms with Crippen LogP contribution in [0.5, 0.6) is 0 Å². The summed E-state index contributed by atoms with van der Waals surface area (Å²) in [7, 11) is 0. The van der Waals surface area contributed by atoms with Gasteiger partial charge in [-0.3, -0.25) is 0 Å². The van der Waals surface area contributed by atoms with E-state index in [0.717, 1.165) is 18.5 Å². The molecular weight excluding hydrogens is 208 g/mol. The summed E-state index contributed by atoms with van der Waals surface area (Å²) in [5, 5.41) is 0. The van der Waals surface area contributed by atoms with Crippen LogP contribution in [0.3, 0.4) is 0 Å². The van der Waals surface area contributed by atoms with Crippen LogP contribution in [-0.2, 0) is 12.8 Å². The van der Waals surface area contributed by atoms with Crippen molar-refractivity contribution >= 4 is 0 Å². The fourth-order valence-electron chi connectivity index (χ4n) is 2.17. The average Bonchev–Trinajstić information content (AvgIpc) is 2.76. The number of imidazole rings is 1. The van der Waals surface area contributed by atoms with Crippen LogP contribution in [-0.4, -0.2) is 9.55 Å². The maximum absolute atomic E-state index is 4.29. The van der Waals surface area contributed by atoms with Crippen molar-refractivity contribution in [1.82, 2.24) is 9.55 Å². The predicted octanol–water partition coefficient (Wildman–Crippen LogP) is 3.70. The van der Waals surface area contributed by atoms with Crippen LogP contribution in [0, 0.1) is 6.92 Å². The van der Waals surface area contributed by atoms with E-state index in [1.54, 1.807) is 0 Å². The third-order valence-electron chi connectivity index (χ3n) is 3.05. The molecule has 17 heavy (non-hydrogen) atoms. The highest BCUT2D eigenvalue weighted by Crippen LogP contribution is 2.18. The molecule has 1 aromatic heterocycles. The Bertz CT molecular complexity index is 497. The number of benzene rings is 1. The Hall–Kier alpha value is -1.57. The second kappa shape index (κ2) is 5.17. The summed E-state index contributed by atoms with van der Waals surface area (Å²) < 4.78 is 2.11. The lowest BCUT2D eigenvalue weighted by Gasteiger charge is -2.10. The molecule has 0 spiro atoms. The Kier molecular flexibility index (Phi) is 3.62. The molecule has 2 nitrogen and oxygen atoms in total. The van der Waals surface area contributed by atoms with Gasteiger partial charge in [0.1, 0.15) is 0 Å². The predicted molar refractivity (Wildman–Crippen MR) is 71.7 cm³/mol. The zero-order chi connectivity index (χ0) is 12.3. The lowest BCUT2D eigenvalue weighted by molar-refractivity contribution is 0.911. The SMILES string of the molecule is CCCc1ccc(-n2cnc(C)c2)c(CC)c1. The van der Waals surface area contributed by atoms with Crippen molar-refractivity contribution in [1.29, 1.82) is 0 Å². The summed E-state index contributed by atoms with van der Waals surface area (Å²) in [5.74, 6) is 0. The first-order valence-electron chi connectivity index (χ1n) is 6.37. The summed E-state index contributed by atoms with van der Waals surface area (Å²) in [6, 6.07) is 6.77. The quantitative estimate of drug-likeness (QED) is 0.780. The molecule has 0 radical (unpaired) electrons. The Morgan fingerprint density at radius 3 is 2.65 bits per heavy atom. The van der Waals surface area contributed by atoms with E-state index in [9.17, 15) is 0 Å². The number of hydrogen-bond donors (Lipinski definition) is 0. The molecule has 0 amide bonds. The first-order chi connectivity index (χ1) is 8.24. The van der Waals surface area contributed by atoms with Gasteiger partial charge >= 0.3 is 0 Å². The molecule has 0 aliphatic carbocycles. The minimum absolute atomic E-state index is 1.06. The molecule has 1 aromatic carbocycles. The van der Waals surface area contributed by atoms with Crippen LogP contribution >= 0.6 is 0 Å². The second-order valence-electron chi connectivity index (χ2n) is 4.49. The third kappa shape index (κ3) is 2.57. The van der Waals surface area contributed by atoms with E-state index in [0.29, 0.717) is 0 Å². The van der Waals surface area contributed by atoms with Gasteiger partial charge in [-0.2, -0.15) is 0 Å². The molecule has 2 heteroatoms. The van der Waals surface area contributed by atoms with Gasteiger partial charge < -0.3 is 4.57 Å². The normalized spacial score (nSPS) is 10.8. The summed E-state index contributed by atoms with van der Waals surface area (Å²) in [6.45, 7) is 6.45. The van der Waals surface area contributed by atoms with Crippen molar-refractivity contribution in [3.8, 4) is 5.69 Å². The minimum atomic E-state index is 1.06. The summed E-state index contributed by atoms with van der Waals surface area (Å²) in [6.07, 6.45) is 7.39. The Balaban J connectivity index is 2.40. The van der Waals surface area contributed by atoms with E-state index in [1.165, 1.54) is 23.2 Å². The lowest BCUT2D eigenvalue weighted by atomic mass is 10.0. The van der Waals surface area contributed by atoms with Crippen molar-refractivity contribution < 1.29 is 0 Å². The second-order valence-corrected chi connectivity index (χ2v) is 4.49. The van der Waals surface area contributed by atoms with Crippen molar-refractivity contribution in [3.05, 3.63) is 47.5 Å². The first-order valence-corrected chi connectivity index (χ1v) is 6.37. The van der Waals surface area contributed by atoms with Crippen LogP contribution in [0.1, 0.15) is 37.1 Å². The largest absolute Gasteiger partial charge is 0.306 e. The van der Waals surface area contributed by atoms with Crippen LogP contribution in [0.2, 0.25) is 0 Å². The molecule has 0 saturated heterocycles. The fourth-order valence-corrected chi connectivity index (χ4v) is 2.17. The molecule has 0 bridgehead atoms. The smallest absolute Gasteiger partial charge is 0.0995 e. The molecule has 0 unspecified atom stereocenters. The summed E-state index contributed by atoms with van der Waals surface area (Å²) in [4.78, 5) is 4.29. The van der Waals surface area contributed by atoms with Crippen molar-refractivity contribution in [2.75, 3.05) is 0 Å². The van der Waals surface area contributed by atoms with Crippen LogP contribution in [0.15, 0.2) is 30.7 Å². The summed E-state index contributed by atoms with van der Waals surface area (Å²) in [5.41, 5.74) is 5.15. The zero-order valence-electron chi connectivity index (χ0n) is 10.9. The average molecular weight is 228 g/mol. The highest BCUT2D eigenvalue weighted by Gasteiger charge is 2.05. The van der Waals surface area contributed by atoms with E-state index in [4.69, 9.17) is 0 Å². The number of aryl methyl sites for hydroxylation is 3. The number of aromatic nitrogens is 2. The molecule has 0 atom stereocenters. The van der Waals surface area contributed by atoms with Gasteiger partial charge in [0.15, 0.2) is 0 Å². The topological polar surface area (TPSA) is 17.8 Å². The molecule has 0 N–H and O–H groups in total. The van der Waals surface area contributed by atoms with E-state index >= 15 is 0 Å². The van der Waals surface area contributed by atoms with Gasteiger partial charge in [-0.1, -0.05) is 32.4 Å². The van der Waals surface area contributed by atoms with Crippen LogP contribution in [0.25, 0.3) is 5.69 Å². The fraction of sp³-hybridized carbons (Fsp3) is 0.400. The van der Waals surface area contributed by atoms with Gasteiger partial charge in [-0.05, 0) is 37.0 Å². The van der Waals surface area contributed by atoms with Gasteiger partial charge in [-0.25, -0.2) is 4.98 Å². The Morgan fingerprint density at radius 2 is 2.06 bits per heavy atom. The first kappa shape index (κ1) is 11.9. The maximum atomic E-state index is 4.29. The molecule has 90 valence electrons. The number of hydrogen-bond acceptors (Lipinski definition) is 1. The Morgan fingerprint density at radius 1 is 1.24 bits per heavy atom. The van der Waals surface area contributed by atoms with Gasteiger partial charge in [0.25, 0.3) is 0 Å². The van der Waals surface area contributed by atoms with Gasteiger partial charge in [0.2, 0.25) is 0 Å². The number of rotatable bonds is 4. The van der Waals surface area contributed by atoms with Gasteiger partial charge in [0.05, 0.1) is 12.0 Å². The minimum Gasteiger partial charge on any atom is -0.306 e. The van der Waals surface area contributed by atoms with E-state index in [-0.39, 0.29) is 0 Å². The summed E-state index contributed by atoms with van der Waals surface area (Å²) >= 11 is 0. The lowest BCUT2D eigenvalue weighted by Crippen LogP contribution is -1.98. The van der Waals surface area contributed by atoms with Crippen molar-refractivity contribution in [3.63, 3.8) is 0 Å². The van der Waals surface area contributed by atoms with Gasteiger partial charge in [0, 0.05) is 11.9 Å². The van der Waals surface area contributed by atoms with E-state index < -0.39 is 0 Å². The maximum Gasteiger partial charge on any atom is 0.0995 e. The van der Waals surface area contributed by atoms with Crippen LogP contribution in [0.4, 0.5) is 0 Å². The molecule has 2 aromatic rings. The monoisotopic (exact) mass is 228 g/mol. The molecule has 0 aliphatic rings. The highest BCUT2D eigenvalue weighted by atomic mass is 15.0. The molecule has 0 aliphatic heterocycles. The van der Waals surface area contributed by atoms with E-state index in [2.05, 4.69) is 47.8 Å². The zero-order valence-corrected chi connectivity index (χ0v) is 10.9. The van der Waals surface area contributed by atoms with Gasteiger partial charge in [-0.15, -0.1) is 0 Å². The molecule has 0 saturated carbocycles. The standard InChI is InChI=1S/C15H20N2/c1-4-6-13-7-8-15(14(5-2)9-13)17-10-12(3)16-11-17/h7-11H,4-6H2,1-3H3. The highest BCUT2D eigenvalue weighted by molar-refractivity contribution is 5.44. The Labute approximate surface area is 103 Å². The van der Waals surface area contributed by atoms with E-state index in [1.807, 2.05) is 13.3 Å². The number of nitrogens with zero attached hydrogens (tertiary/aromatic N) is 2. The van der Waals surface area contributed by atoms with Crippen LogP contribution < -0.4 is 0 Å². The van der Waals surface area contributed by atoms with Crippen molar-refractivity contribution in [2.45, 2.75) is 40.0 Å². The molecule has 0 fully saturated rings. The molecule has 1 heterocycles. The molecular formula is C15H20N2. The van der Waals surface area contributed by atoms with Crippen molar-refractivity contribution in [2.24, 2.45) is 0 Å².